The van der Waals surface area contributed by atoms with Gasteiger partial charge in [0.1, 0.15) is 0 Å². The minimum atomic E-state index is -0.250. The van der Waals surface area contributed by atoms with Gasteiger partial charge in [0.15, 0.2) is 10.8 Å². The molecule has 88 valence electrons. The number of aryl methyl sites for hydroxylation is 1. The second-order valence-electron chi connectivity index (χ2n) is 3.44. The molecule has 0 aliphatic heterocycles. The predicted octanol–water partition coefficient (Wildman–Crippen LogP) is 2.43. The van der Waals surface area contributed by atoms with Crippen LogP contribution in [0.1, 0.15) is 20.2 Å². The number of nitrogens with one attached hydrogen (secondary N) is 1. The summed E-state index contributed by atoms with van der Waals surface area (Å²) < 4.78 is 0. The van der Waals surface area contributed by atoms with E-state index in [1.165, 1.54) is 4.88 Å². The Hall–Kier alpha value is -1.46. The second kappa shape index (κ2) is 5.25. The van der Waals surface area contributed by atoms with Gasteiger partial charge in [-0.1, -0.05) is 11.6 Å². The highest BCUT2D eigenvalue weighted by Gasteiger charge is 2.07. The van der Waals surface area contributed by atoms with E-state index in [9.17, 15) is 4.79 Å². The molecule has 2 aromatic heterocycles. The number of aromatic nitrogens is 2. The third-order valence-corrected chi connectivity index (χ3v) is 3.29. The summed E-state index contributed by atoms with van der Waals surface area (Å²) >= 11 is 7.24. The van der Waals surface area contributed by atoms with Crippen LogP contribution in [0.4, 0.5) is 0 Å². The van der Waals surface area contributed by atoms with E-state index in [0.717, 1.165) is 4.88 Å². The molecule has 0 aromatic carbocycles. The van der Waals surface area contributed by atoms with Crippen molar-refractivity contribution in [2.75, 3.05) is 0 Å². The van der Waals surface area contributed by atoms with Gasteiger partial charge < -0.3 is 5.32 Å². The standard InChI is InChI=1S/C11H10ClN3OS/c1-7-2-3-8(17-7)6-13-11(16)9-4-5-10(12)15-14-9/h2-5H,6H2,1H3,(H,13,16). The molecule has 0 bridgehead atoms. The van der Waals surface area contributed by atoms with Crippen molar-refractivity contribution in [3.05, 3.63) is 44.9 Å². The lowest BCUT2D eigenvalue weighted by Gasteiger charge is -2.01. The van der Waals surface area contributed by atoms with Crippen LogP contribution in [0.5, 0.6) is 0 Å². The molecule has 0 saturated heterocycles. The summed E-state index contributed by atoms with van der Waals surface area (Å²) in [5, 5.41) is 10.4. The van der Waals surface area contributed by atoms with Crippen molar-refractivity contribution in [2.45, 2.75) is 13.5 Å². The quantitative estimate of drug-likeness (QED) is 0.929. The van der Waals surface area contributed by atoms with Gasteiger partial charge in [-0.15, -0.1) is 21.5 Å². The van der Waals surface area contributed by atoms with Crippen molar-refractivity contribution < 1.29 is 4.79 Å². The van der Waals surface area contributed by atoms with E-state index in [0.29, 0.717) is 6.54 Å². The molecule has 0 fully saturated rings. The molecule has 2 aromatic rings. The molecule has 1 amide bonds. The van der Waals surface area contributed by atoms with Crippen LogP contribution < -0.4 is 5.32 Å². The molecule has 0 aliphatic rings. The Balaban J connectivity index is 1.95. The van der Waals surface area contributed by atoms with Crippen LogP contribution in [0.15, 0.2) is 24.3 Å². The van der Waals surface area contributed by atoms with Crippen LogP contribution >= 0.6 is 22.9 Å². The summed E-state index contributed by atoms with van der Waals surface area (Å²) in [5.41, 5.74) is 0.266. The fourth-order valence-electron chi connectivity index (χ4n) is 1.28. The Kier molecular flexibility index (Phi) is 3.71. The van der Waals surface area contributed by atoms with Gasteiger partial charge in [-0.3, -0.25) is 4.79 Å². The smallest absolute Gasteiger partial charge is 0.272 e. The first-order chi connectivity index (χ1) is 8.15. The zero-order valence-corrected chi connectivity index (χ0v) is 10.7. The number of thiophene rings is 1. The lowest BCUT2D eigenvalue weighted by atomic mass is 10.3. The lowest BCUT2D eigenvalue weighted by Crippen LogP contribution is -2.23. The van der Waals surface area contributed by atoms with Gasteiger partial charge >= 0.3 is 0 Å². The highest BCUT2D eigenvalue weighted by atomic mass is 35.5. The van der Waals surface area contributed by atoms with Crippen molar-refractivity contribution in [1.29, 1.82) is 0 Å². The Morgan fingerprint density at radius 3 is 2.76 bits per heavy atom. The molecule has 1 N–H and O–H groups in total. The van der Waals surface area contributed by atoms with Crippen molar-refractivity contribution >= 4 is 28.8 Å². The molecule has 0 spiro atoms. The maximum absolute atomic E-state index is 11.7. The average molecular weight is 268 g/mol. The van der Waals surface area contributed by atoms with E-state index >= 15 is 0 Å². The summed E-state index contributed by atoms with van der Waals surface area (Å²) in [6.45, 7) is 2.53. The van der Waals surface area contributed by atoms with E-state index in [2.05, 4.69) is 15.5 Å². The molecule has 0 atom stereocenters. The first-order valence-corrected chi connectivity index (χ1v) is 6.17. The number of carbonyl (C=O) groups is 1. The molecular formula is C11H10ClN3OS. The maximum atomic E-state index is 11.7. The Morgan fingerprint density at radius 1 is 1.35 bits per heavy atom. The van der Waals surface area contributed by atoms with Crippen molar-refractivity contribution in [2.24, 2.45) is 0 Å². The fraction of sp³-hybridized carbons (Fsp3) is 0.182. The molecule has 6 heteroatoms. The summed E-state index contributed by atoms with van der Waals surface area (Å²) in [4.78, 5) is 14.0. The number of nitrogens with zero attached hydrogens (tertiary/aromatic N) is 2. The van der Waals surface area contributed by atoms with E-state index in [1.54, 1.807) is 23.5 Å². The summed E-state index contributed by atoms with van der Waals surface area (Å²) in [7, 11) is 0. The first-order valence-electron chi connectivity index (χ1n) is 4.98. The minimum Gasteiger partial charge on any atom is -0.346 e. The molecule has 0 aliphatic carbocycles. The monoisotopic (exact) mass is 267 g/mol. The van der Waals surface area contributed by atoms with Crippen LogP contribution in [0.3, 0.4) is 0 Å². The Bertz CT molecular complexity index is 524. The van der Waals surface area contributed by atoms with Gasteiger partial charge in [0.25, 0.3) is 5.91 Å². The van der Waals surface area contributed by atoms with Gasteiger partial charge in [0.05, 0.1) is 6.54 Å². The number of halogens is 1. The normalized spacial score (nSPS) is 10.2. The molecule has 2 rings (SSSR count). The molecule has 0 radical (unpaired) electrons. The first kappa shape index (κ1) is 12.0. The maximum Gasteiger partial charge on any atom is 0.272 e. The summed E-state index contributed by atoms with van der Waals surface area (Å²) in [6, 6.07) is 7.10. The predicted molar refractivity (Wildman–Crippen MR) is 67.3 cm³/mol. The highest BCUT2D eigenvalue weighted by Crippen LogP contribution is 2.14. The summed E-state index contributed by atoms with van der Waals surface area (Å²) in [5.74, 6) is -0.250. The second-order valence-corrected chi connectivity index (χ2v) is 5.20. The van der Waals surface area contributed by atoms with E-state index in [4.69, 9.17) is 11.6 Å². The van der Waals surface area contributed by atoms with Crippen molar-refractivity contribution in [3.63, 3.8) is 0 Å². The molecule has 4 nitrogen and oxygen atoms in total. The molecule has 2 heterocycles. The van der Waals surface area contributed by atoms with Gasteiger partial charge in [0.2, 0.25) is 0 Å². The molecule has 0 saturated carbocycles. The Labute approximate surface area is 108 Å². The fourth-order valence-corrected chi connectivity index (χ4v) is 2.21. The number of hydrogen-bond donors (Lipinski definition) is 1. The van der Waals surface area contributed by atoms with E-state index < -0.39 is 0 Å². The van der Waals surface area contributed by atoms with Gasteiger partial charge in [-0.2, -0.15) is 0 Å². The number of rotatable bonds is 3. The zero-order valence-electron chi connectivity index (χ0n) is 9.11. The SMILES string of the molecule is Cc1ccc(CNC(=O)c2ccc(Cl)nn2)s1. The van der Waals surface area contributed by atoms with Crippen LogP contribution in [-0.2, 0) is 6.54 Å². The number of amides is 1. The Morgan fingerprint density at radius 2 is 2.18 bits per heavy atom. The van der Waals surface area contributed by atoms with Crippen LogP contribution in [0.2, 0.25) is 5.15 Å². The summed E-state index contributed by atoms with van der Waals surface area (Å²) in [6.07, 6.45) is 0. The van der Waals surface area contributed by atoms with Crippen LogP contribution in [0.25, 0.3) is 0 Å². The van der Waals surface area contributed by atoms with Gasteiger partial charge in [-0.25, -0.2) is 0 Å². The molecule has 0 unspecified atom stereocenters. The van der Waals surface area contributed by atoms with Crippen molar-refractivity contribution in [1.82, 2.24) is 15.5 Å². The van der Waals surface area contributed by atoms with Gasteiger partial charge in [0, 0.05) is 9.75 Å². The zero-order chi connectivity index (χ0) is 12.3. The van der Waals surface area contributed by atoms with E-state index in [1.807, 2.05) is 19.1 Å². The molecule has 17 heavy (non-hydrogen) atoms. The van der Waals surface area contributed by atoms with E-state index in [-0.39, 0.29) is 16.8 Å². The lowest BCUT2D eigenvalue weighted by molar-refractivity contribution is 0.0945. The minimum absolute atomic E-state index is 0.250. The third kappa shape index (κ3) is 3.25. The van der Waals surface area contributed by atoms with Gasteiger partial charge in [-0.05, 0) is 31.2 Å². The number of hydrogen-bond acceptors (Lipinski definition) is 4. The van der Waals surface area contributed by atoms with Crippen LogP contribution in [0, 0.1) is 6.92 Å². The van der Waals surface area contributed by atoms with Crippen LogP contribution in [-0.4, -0.2) is 16.1 Å². The number of carbonyl (C=O) groups excluding carboxylic acids is 1. The highest BCUT2D eigenvalue weighted by molar-refractivity contribution is 7.11. The molecular weight excluding hydrogens is 258 g/mol. The van der Waals surface area contributed by atoms with Crippen molar-refractivity contribution in [3.8, 4) is 0 Å². The largest absolute Gasteiger partial charge is 0.346 e. The average Bonchev–Trinajstić information content (AvgIpc) is 2.73. The topological polar surface area (TPSA) is 54.9 Å². The third-order valence-electron chi connectivity index (χ3n) is 2.08.